The van der Waals surface area contributed by atoms with Crippen LogP contribution in [0.1, 0.15) is 18.4 Å². The van der Waals surface area contributed by atoms with Crippen LogP contribution in [-0.2, 0) is 6.42 Å². The molecule has 0 saturated carbocycles. The molecule has 2 aromatic rings. The number of benzene rings is 2. The maximum Gasteiger partial charge on any atom is 0.320 e. The first kappa shape index (κ1) is 17.0. The summed E-state index contributed by atoms with van der Waals surface area (Å²) in [5.74, 6) is -0.239. The van der Waals surface area contributed by atoms with Crippen molar-refractivity contribution in [1.82, 2.24) is 9.80 Å². The minimum atomic E-state index is -0.239. The third-order valence-corrected chi connectivity index (χ3v) is 5.50. The van der Waals surface area contributed by atoms with Crippen molar-refractivity contribution in [1.29, 1.82) is 0 Å². The number of amides is 2. The van der Waals surface area contributed by atoms with Crippen molar-refractivity contribution in [2.45, 2.75) is 31.3 Å². The zero-order valence-corrected chi connectivity index (χ0v) is 14.8. The summed E-state index contributed by atoms with van der Waals surface area (Å²) < 4.78 is 13.5. The zero-order valence-electron chi connectivity index (χ0n) is 14.8. The van der Waals surface area contributed by atoms with Crippen LogP contribution in [0.2, 0.25) is 0 Å². The van der Waals surface area contributed by atoms with E-state index >= 15 is 0 Å². The molecule has 136 valence electrons. The summed E-state index contributed by atoms with van der Waals surface area (Å²) in [7, 11) is 0. The molecule has 2 aromatic carbocycles. The molecule has 0 aliphatic carbocycles. The molecule has 5 heteroatoms. The second-order valence-electron chi connectivity index (χ2n) is 7.25. The number of urea groups is 1. The van der Waals surface area contributed by atoms with E-state index in [0.717, 1.165) is 55.6 Å². The number of carbonyl (C=O) groups excluding carboxylic acids is 1. The molecule has 2 fully saturated rings. The van der Waals surface area contributed by atoms with Crippen molar-refractivity contribution in [2.24, 2.45) is 5.73 Å². The fraction of sp³-hybridized carbons (Fsp3) is 0.381. The fourth-order valence-electron chi connectivity index (χ4n) is 3.85. The van der Waals surface area contributed by atoms with E-state index in [2.05, 4.69) is 12.1 Å². The Morgan fingerprint density at radius 3 is 2.50 bits per heavy atom. The number of likely N-dealkylation sites (tertiary alicyclic amines) is 2. The first-order valence-electron chi connectivity index (χ1n) is 9.28. The largest absolute Gasteiger partial charge is 0.326 e. The molecule has 0 radical (unpaired) electrons. The summed E-state index contributed by atoms with van der Waals surface area (Å²) in [4.78, 5) is 16.5. The van der Waals surface area contributed by atoms with E-state index < -0.39 is 0 Å². The van der Waals surface area contributed by atoms with Gasteiger partial charge in [-0.05, 0) is 48.1 Å². The lowest BCUT2D eigenvalue weighted by atomic mass is 9.97. The van der Waals surface area contributed by atoms with Crippen molar-refractivity contribution in [3.8, 4) is 11.1 Å². The Hall–Kier alpha value is -2.40. The summed E-state index contributed by atoms with van der Waals surface area (Å²) in [6.07, 6.45) is 2.66. The first-order chi connectivity index (χ1) is 12.6. The summed E-state index contributed by atoms with van der Waals surface area (Å²) in [6.45, 7) is 2.43. The maximum absolute atomic E-state index is 13.5. The predicted octanol–water partition coefficient (Wildman–Crippen LogP) is 3.26. The van der Waals surface area contributed by atoms with E-state index in [1.54, 1.807) is 12.1 Å². The fourth-order valence-corrected chi connectivity index (χ4v) is 3.85. The number of hydrogen-bond donors (Lipinski definition) is 1. The molecule has 2 amide bonds. The van der Waals surface area contributed by atoms with Gasteiger partial charge in [0.25, 0.3) is 0 Å². The van der Waals surface area contributed by atoms with Crippen LogP contribution in [0.5, 0.6) is 0 Å². The van der Waals surface area contributed by atoms with E-state index in [4.69, 9.17) is 5.73 Å². The number of nitrogens with two attached hydrogens (primary N) is 1. The topological polar surface area (TPSA) is 49.6 Å². The Balaban J connectivity index is 1.54. The van der Waals surface area contributed by atoms with Gasteiger partial charge in [0.1, 0.15) is 5.82 Å². The van der Waals surface area contributed by atoms with Gasteiger partial charge in [-0.3, -0.25) is 0 Å². The molecule has 2 aliphatic rings. The van der Waals surface area contributed by atoms with Crippen LogP contribution in [0.15, 0.2) is 48.5 Å². The van der Waals surface area contributed by atoms with Gasteiger partial charge < -0.3 is 15.5 Å². The van der Waals surface area contributed by atoms with E-state index in [0.29, 0.717) is 0 Å². The van der Waals surface area contributed by atoms with Crippen molar-refractivity contribution in [3.05, 3.63) is 59.9 Å². The van der Waals surface area contributed by atoms with Gasteiger partial charge in [-0.1, -0.05) is 36.4 Å². The van der Waals surface area contributed by atoms with Crippen molar-refractivity contribution >= 4 is 6.03 Å². The minimum Gasteiger partial charge on any atom is -0.326 e. The molecule has 0 aromatic heterocycles. The van der Waals surface area contributed by atoms with Gasteiger partial charge in [0.05, 0.1) is 6.04 Å². The normalized spacial score (nSPS) is 22.4. The standard InChI is InChI=1S/C21H24FN3O/c22-18-7-2-6-17(14-18)16-5-1-4-15(12-16)13-20-19(23)8-11-25(20)21(26)24-9-3-10-24/h1-2,4-7,12,14,19-20H,3,8-11,13,23H2/t19-,20-/m0/s1. The van der Waals surface area contributed by atoms with Crippen molar-refractivity contribution in [2.75, 3.05) is 19.6 Å². The SMILES string of the molecule is N[C@H]1CCN(C(=O)N2CCC2)[C@H]1Cc1cccc(-c2cccc(F)c2)c1. The highest BCUT2D eigenvalue weighted by Gasteiger charge is 2.38. The molecule has 0 unspecified atom stereocenters. The third-order valence-electron chi connectivity index (χ3n) is 5.50. The molecule has 2 heterocycles. The molecule has 2 saturated heterocycles. The molecule has 26 heavy (non-hydrogen) atoms. The second kappa shape index (κ2) is 7.08. The summed E-state index contributed by atoms with van der Waals surface area (Å²) in [5, 5.41) is 0. The monoisotopic (exact) mass is 353 g/mol. The molecular formula is C21H24FN3O. The van der Waals surface area contributed by atoms with Gasteiger partial charge >= 0.3 is 6.03 Å². The predicted molar refractivity (Wildman–Crippen MR) is 100 cm³/mol. The summed E-state index contributed by atoms with van der Waals surface area (Å²) in [5.41, 5.74) is 9.28. The van der Waals surface area contributed by atoms with Crippen molar-refractivity contribution < 1.29 is 9.18 Å². The van der Waals surface area contributed by atoms with Crippen LogP contribution in [0.4, 0.5) is 9.18 Å². The quantitative estimate of drug-likeness (QED) is 0.921. The van der Waals surface area contributed by atoms with Gasteiger partial charge in [0.15, 0.2) is 0 Å². The van der Waals surface area contributed by atoms with Crippen LogP contribution >= 0.6 is 0 Å². The van der Waals surface area contributed by atoms with Crippen LogP contribution < -0.4 is 5.73 Å². The zero-order chi connectivity index (χ0) is 18.1. The molecule has 4 nitrogen and oxygen atoms in total. The Kier molecular flexibility index (Phi) is 4.64. The van der Waals surface area contributed by atoms with Crippen LogP contribution in [0.25, 0.3) is 11.1 Å². The number of carbonyl (C=O) groups is 1. The highest BCUT2D eigenvalue weighted by atomic mass is 19.1. The second-order valence-corrected chi connectivity index (χ2v) is 7.25. The van der Waals surface area contributed by atoms with Gasteiger partial charge in [-0.25, -0.2) is 9.18 Å². The number of nitrogens with zero attached hydrogens (tertiary/aromatic N) is 2. The smallest absolute Gasteiger partial charge is 0.320 e. The number of halogens is 1. The van der Waals surface area contributed by atoms with E-state index in [1.807, 2.05) is 28.0 Å². The lowest BCUT2D eigenvalue weighted by Crippen LogP contribution is -2.53. The Bertz CT molecular complexity index is 805. The van der Waals surface area contributed by atoms with E-state index in [9.17, 15) is 9.18 Å². The number of hydrogen-bond acceptors (Lipinski definition) is 2. The van der Waals surface area contributed by atoms with Gasteiger partial charge in [-0.15, -0.1) is 0 Å². The van der Waals surface area contributed by atoms with Crippen LogP contribution in [-0.4, -0.2) is 47.5 Å². The van der Waals surface area contributed by atoms with Gasteiger partial charge in [0.2, 0.25) is 0 Å². The summed E-state index contributed by atoms with van der Waals surface area (Å²) in [6, 6.07) is 14.9. The molecular weight excluding hydrogens is 329 g/mol. The molecule has 0 bridgehead atoms. The first-order valence-corrected chi connectivity index (χ1v) is 9.28. The number of rotatable bonds is 3. The lowest BCUT2D eigenvalue weighted by Gasteiger charge is -2.37. The van der Waals surface area contributed by atoms with E-state index in [-0.39, 0.29) is 23.9 Å². The Morgan fingerprint density at radius 2 is 1.81 bits per heavy atom. The third kappa shape index (κ3) is 3.31. The summed E-state index contributed by atoms with van der Waals surface area (Å²) >= 11 is 0. The molecule has 0 spiro atoms. The highest BCUT2D eigenvalue weighted by molar-refractivity contribution is 5.76. The molecule has 2 aliphatic heterocycles. The Labute approximate surface area is 153 Å². The average Bonchev–Trinajstić information content (AvgIpc) is 2.94. The molecule has 2 atom stereocenters. The highest BCUT2D eigenvalue weighted by Crippen LogP contribution is 2.26. The molecule has 4 rings (SSSR count). The maximum atomic E-state index is 13.5. The van der Waals surface area contributed by atoms with Gasteiger partial charge in [-0.2, -0.15) is 0 Å². The lowest BCUT2D eigenvalue weighted by molar-refractivity contribution is 0.121. The van der Waals surface area contributed by atoms with E-state index in [1.165, 1.54) is 6.07 Å². The van der Waals surface area contributed by atoms with Gasteiger partial charge in [0, 0.05) is 25.7 Å². The van der Waals surface area contributed by atoms with Crippen LogP contribution in [0, 0.1) is 5.82 Å². The Morgan fingerprint density at radius 1 is 1.08 bits per heavy atom. The minimum absolute atomic E-state index is 0.00180. The van der Waals surface area contributed by atoms with Crippen LogP contribution in [0.3, 0.4) is 0 Å². The van der Waals surface area contributed by atoms with Crippen molar-refractivity contribution in [3.63, 3.8) is 0 Å². The average molecular weight is 353 g/mol. The molecule has 2 N–H and O–H groups in total.